The second-order valence-corrected chi connectivity index (χ2v) is 5.77. The van der Waals surface area contributed by atoms with Crippen molar-refractivity contribution in [1.82, 2.24) is 5.32 Å². The van der Waals surface area contributed by atoms with E-state index in [4.69, 9.17) is 17.0 Å². The molecule has 3 nitrogen and oxygen atoms in total. The first kappa shape index (κ1) is 16.3. The lowest BCUT2D eigenvalue weighted by molar-refractivity contribution is 0.405. The largest absolute Gasteiger partial charge is 0.496 e. The van der Waals surface area contributed by atoms with Crippen molar-refractivity contribution in [3.05, 3.63) is 59.2 Å². The third kappa shape index (κ3) is 3.98. The number of hydrogen-bond donors (Lipinski definition) is 2. The van der Waals surface area contributed by atoms with E-state index < -0.39 is 0 Å². The van der Waals surface area contributed by atoms with Gasteiger partial charge in [0.1, 0.15) is 5.75 Å². The fraction of sp³-hybridized carbons (Fsp3) is 0.278. The monoisotopic (exact) mass is 314 g/mol. The highest BCUT2D eigenvalue weighted by Gasteiger charge is 2.11. The molecule has 0 saturated carbocycles. The number of thiocarbonyl (C=S) groups is 1. The molecule has 2 aromatic rings. The first-order chi connectivity index (χ1) is 10.5. The summed E-state index contributed by atoms with van der Waals surface area (Å²) < 4.78 is 5.39. The van der Waals surface area contributed by atoms with Crippen molar-refractivity contribution in [1.29, 1.82) is 0 Å². The Kier molecular flexibility index (Phi) is 5.39. The molecular weight excluding hydrogens is 292 g/mol. The highest BCUT2D eigenvalue weighted by atomic mass is 32.1. The average Bonchev–Trinajstić information content (AvgIpc) is 2.50. The summed E-state index contributed by atoms with van der Waals surface area (Å²) in [6.07, 6.45) is 0. The Labute approximate surface area is 137 Å². The van der Waals surface area contributed by atoms with Crippen molar-refractivity contribution >= 4 is 23.0 Å². The minimum Gasteiger partial charge on any atom is -0.496 e. The van der Waals surface area contributed by atoms with Crippen molar-refractivity contribution in [3.63, 3.8) is 0 Å². The van der Waals surface area contributed by atoms with Crippen LogP contribution < -0.4 is 15.4 Å². The van der Waals surface area contributed by atoms with Crippen molar-refractivity contribution in [2.24, 2.45) is 0 Å². The summed E-state index contributed by atoms with van der Waals surface area (Å²) in [6, 6.07) is 14.2. The Bertz CT molecular complexity index is 670. The SMILES string of the molecule is COc1ccccc1C(C)NC(=S)Nc1ccc(C)c(C)c1. The molecule has 0 heterocycles. The van der Waals surface area contributed by atoms with E-state index in [-0.39, 0.29) is 6.04 Å². The summed E-state index contributed by atoms with van der Waals surface area (Å²) in [6.45, 7) is 6.25. The van der Waals surface area contributed by atoms with Crippen LogP contribution in [0.4, 0.5) is 5.69 Å². The van der Waals surface area contributed by atoms with Crippen molar-refractivity contribution < 1.29 is 4.74 Å². The van der Waals surface area contributed by atoms with E-state index in [1.807, 2.05) is 30.3 Å². The van der Waals surface area contributed by atoms with Gasteiger partial charge in [-0.25, -0.2) is 0 Å². The zero-order valence-corrected chi connectivity index (χ0v) is 14.3. The zero-order valence-electron chi connectivity index (χ0n) is 13.4. The van der Waals surface area contributed by atoms with Gasteiger partial charge in [0, 0.05) is 11.3 Å². The maximum atomic E-state index is 5.40. The van der Waals surface area contributed by atoms with E-state index >= 15 is 0 Å². The standard InChI is InChI=1S/C18H22N2OS/c1-12-9-10-15(11-13(12)2)20-18(22)19-14(3)16-7-5-6-8-17(16)21-4/h5-11,14H,1-4H3,(H2,19,20,22). The smallest absolute Gasteiger partial charge is 0.171 e. The van der Waals surface area contributed by atoms with Crippen LogP contribution in [0.15, 0.2) is 42.5 Å². The highest BCUT2D eigenvalue weighted by molar-refractivity contribution is 7.80. The number of para-hydroxylation sites is 1. The molecule has 1 unspecified atom stereocenters. The summed E-state index contributed by atoms with van der Waals surface area (Å²) in [5, 5.41) is 7.12. The van der Waals surface area contributed by atoms with Crippen molar-refractivity contribution in [2.75, 3.05) is 12.4 Å². The molecular formula is C18H22N2OS. The molecule has 0 aliphatic rings. The number of anilines is 1. The van der Waals surface area contributed by atoms with Crippen molar-refractivity contribution in [2.45, 2.75) is 26.8 Å². The summed E-state index contributed by atoms with van der Waals surface area (Å²) >= 11 is 5.40. The second-order valence-electron chi connectivity index (χ2n) is 5.36. The van der Waals surface area contributed by atoms with Crippen LogP contribution in [0.5, 0.6) is 5.75 Å². The molecule has 0 fully saturated rings. The predicted octanol–water partition coefficient (Wildman–Crippen LogP) is 4.36. The molecule has 0 saturated heterocycles. The summed E-state index contributed by atoms with van der Waals surface area (Å²) in [7, 11) is 1.68. The van der Waals surface area contributed by atoms with Gasteiger partial charge in [0.2, 0.25) is 0 Å². The van der Waals surface area contributed by atoms with E-state index in [2.05, 4.69) is 43.5 Å². The van der Waals surface area contributed by atoms with Crippen LogP contribution in [-0.4, -0.2) is 12.2 Å². The molecule has 22 heavy (non-hydrogen) atoms. The molecule has 116 valence electrons. The summed E-state index contributed by atoms with van der Waals surface area (Å²) in [5.74, 6) is 0.858. The lowest BCUT2D eigenvalue weighted by Crippen LogP contribution is -2.31. The fourth-order valence-corrected chi connectivity index (χ4v) is 2.58. The van der Waals surface area contributed by atoms with Gasteiger partial charge >= 0.3 is 0 Å². The van der Waals surface area contributed by atoms with E-state index in [9.17, 15) is 0 Å². The Morgan fingerprint density at radius 2 is 1.82 bits per heavy atom. The topological polar surface area (TPSA) is 33.3 Å². The van der Waals surface area contributed by atoms with Gasteiger partial charge in [-0.2, -0.15) is 0 Å². The predicted molar refractivity (Wildman–Crippen MR) is 96.7 cm³/mol. The van der Waals surface area contributed by atoms with Crippen LogP contribution in [0.3, 0.4) is 0 Å². The molecule has 0 aliphatic heterocycles. The number of nitrogens with one attached hydrogen (secondary N) is 2. The number of rotatable bonds is 4. The first-order valence-corrected chi connectivity index (χ1v) is 7.69. The maximum absolute atomic E-state index is 5.40. The quantitative estimate of drug-likeness (QED) is 0.822. The van der Waals surface area contributed by atoms with E-state index in [1.54, 1.807) is 7.11 Å². The number of aryl methyl sites for hydroxylation is 2. The molecule has 0 spiro atoms. The van der Waals surface area contributed by atoms with Crippen LogP contribution in [0.1, 0.15) is 29.7 Å². The van der Waals surface area contributed by atoms with Crippen LogP contribution in [-0.2, 0) is 0 Å². The third-order valence-corrected chi connectivity index (χ3v) is 3.94. The van der Waals surface area contributed by atoms with Gasteiger partial charge in [0.15, 0.2) is 5.11 Å². The Morgan fingerprint density at radius 3 is 2.50 bits per heavy atom. The normalized spacial score (nSPS) is 11.6. The molecule has 0 amide bonds. The molecule has 0 bridgehead atoms. The maximum Gasteiger partial charge on any atom is 0.171 e. The molecule has 2 rings (SSSR count). The molecule has 4 heteroatoms. The minimum absolute atomic E-state index is 0.0581. The number of benzene rings is 2. The number of hydrogen-bond acceptors (Lipinski definition) is 2. The van der Waals surface area contributed by atoms with E-state index in [1.165, 1.54) is 11.1 Å². The highest BCUT2D eigenvalue weighted by Crippen LogP contribution is 2.24. The molecule has 2 N–H and O–H groups in total. The number of methoxy groups -OCH3 is 1. The molecule has 0 aliphatic carbocycles. The van der Waals surface area contributed by atoms with Gasteiger partial charge in [0.25, 0.3) is 0 Å². The molecule has 2 aromatic carbocycles. The van der Waals surface area contributed by atoms with Crippen LogP contribution in [0.25, 0.3) is 0 Å². The lowest BCUT2D eigenvalue weighted by atomic mass is 10.1. The first-order valence-electron chi connectivity index (χ1n) is 7.29. The van der Waals surface area contributed by atoms with Gasteiger partial charge in [-0.3, -0.25) is 0 Å². The Morgan fingerprint density at radius 1 is 1.09 bits per heavy atom. The van der Waals surface area contributed by atoms with Gasteiger partial charge < -0.3 is 15.4 Å². The minimum atomic E-state index is 0.0581. The third-order valence-electron chi connectivity index (χ3n) is 3.72. The second kappa shape index (κ2) is 7.27. The summed E-state index contributed by atoms with van der Waals surface area (Å²) in [5.41, 5.74) is 4.58. The molecule has 0 radical (unpaired) electrons. The van der Waals surface area contributed by atoms with Gasteiger partial charge in [0.05, 0.1) is 13.2 Å². The number of ether oxygens (including phenoxy) is 1. The van der Waals surface area contributed by atoms with E-state index in [0.717, 1.165) is 17.0 Å². The van der Waals surface area contributed by atoms with Gasteiger partial charge in [-0.15, -0.1) is 0 Å². The Hall–Kier alpha value is -2.07. The molecule has 0 aromatic heterocycles. The lowest BCUT2D eigenvalue weighted by Gasteiger charge is -2.19. The summed E-state index contributed by atoms with van der Waals surface area (Å²) in [4.78, 5) is 0. The van der Waals surface area contributed by atoms with Crippen LogP contribution in [0, 0.1) is 13.8 Å². The van der Waals surface area contributed by atoms with Crippen LogP contribution in [0.2, 0.25) is 0 Å². The fourth-order valence-electron chi connectivity index (χ4n) is 2.28. The van der Waals surface area contributed by atoms with Crippen LogP contribution >= 0.6 is 12.2 Å². The molecule has 1 atom stereocenters. The average molecular weight is 314 g/mol. The van der Waals surface area contributed by atoms with Crippen molar-refractivity contribution in [3.8, 4) is 5.75 Å². The van der Waals surface area contributed by atoms with Gasteiger partial charge in [-0.1, -0.05) is 24.3 Å². The Balaban J connectivity index is 2.03. The van der Waals surface area contributed by atoms with E-state index in [0.29, 0.717) is 5.11 Å². The zero-order chi connectivity index (χ0) is 16.1. The van der Waals surface area contributed by atoms with Gasteiger partial charge in [-0.05, 0) is 62.3 Å².